The van der Waals surface area contributed by atoms with Crippen LogP contribution in [-0.2, 0) is 97.0 Å². The number of carbonyl (C=O) groups is 4. The summed E-state index contributed by atoms with van der Waals surface area (Å²) in [7, 11) is 21.1. The van der Waals surface area contributed by atoms with Gasteiger partial charge in [0.25, 0.3) is 28.1 Å². The molecule has 11 aromatic rings. The predicted octanol–water partition coefficient (Wildman–Crippen LogP) is 10.5. The molecule has 5 aromatic heterocycles. The van der Waals surface area contributed by atoms with Crippen molar-refractivity contribution in [2.24, 2.45) is 40.3 Å². The number of rotatable bonds is 26. The number of nitrogens with two attached hydrogens (primary N) is 3. The molecular weight excluding hydrogens is 1630 g/mol. The maximum atomic E-state index is 12.3. The number of ketones is 1. The minimum absolute atomic E-state index is 0.00917. The van der Waals surface area contributed by atoms with Gasteiger partial charge in [-0.3, -0.25) is 71.9 Å². The van der Waals surface area contributed by atoms with Gasteiger partial charge in [-0.25, -0.2) is 33.2 Å². The number of aromatic nitrogens is 10. The Hall–Kier alpha value is -13.4. The van der Waals surface area contributed by atoms with Gasteiger partial charge < -0.3 is 64.9 Å². The van der Waals surface area contributed by atoms with Crippen LogP contribution in [-0.4, -0.2) is 168 Å². The van der Waals surface area contributed by atoms with Crippen molar-refractivity contribution in [3.05, 3.63) is 278 Å². The van der Waals surface area contributed by atoms with Crippen molar-refractivity contribution in [1.82, 2.24) is 46.8 Å². The van der Waals surface area contributed by atoms with E-state index in [-0.39, 0.29) is 93.6 Å². The number of para-hydroxylation sites is 6. The summed E-state index contributed by atoms with van der Waals surface area (Å²) in [6.45, 7) is 16.1. The Labute approximate surface area is 730 Å². The smallest absolute Gasteiger partial charge is 0.359 e. The summed E-state index contributed by atoms with van der Waals surface area (Å²) in [4.78, 5) is 115. The number of nitrogens with zero attached hydrogens (tertiary/aromatic N) is 13. The highest BCUT2D eigenvalue weighted by Crippen LogP contribution is 2.28. The van der Waals surface area contributed by atoms with Gasteiger partial charge in [0.2, 0.25) is 0 Å². The highest BCUT2D eigenvalue weighted by molar-refractivity contribution is 6.14. The number of benzene rings is 6. The van der Waals surface area contributed by atoms with Crippen molar-refractivity contribution in [2.75, 3.05) is 85.7 Å². The summed E-state index contributed by atoms with van der Waals surface area (Å²) in [5.41, 5.74) is 25.0. The summed E-state index contributed by atoms with van der Waals surface area (Å²) in [5, 5.41) is 25.0. The molecule has 7 N–H and O–H groups in total. The molecule has 1 aliphatic heterocycles. The number of hydrogen-bond acceptors (Lipinski definition) is 24. The van der Waals surface area contributed by atoms with E-state index in [1.165, 1.54) is 42.6 Å². The fraction of sp³-hybridized carbons (Fsp3) is 0.371. The predicted molar refractivity (Wildman–Crippen MR) is 481 cm³/mol. The van der Waals surface area contributed by atoms with Crippen molar-refractivity contribution in [1.29, 1.82) is 0 Å². The fourth-order valence-electron chi connectivity index (χ4n) is 12.7. The average Bonchev–Trinajstić information content (AvgIpc) is 1.62. The highest BCUT2D eigenvalue weighted by Gasteiger charge is 2.33. The molecule has 6 unspecified atom stereocenters. The minimum atomic E-state index is -0.928. The van der Waals surface area contributed by atoms with Crippen molar-refractivity contribution in [2.45, 2.75) is 124 Å². The second-order valence-electron chi connectivity index (χ2n) is 28.0. The lowest BCUT2D eigenvalue weighted by molar-refractivity contribution is -0.387. The van der Waals surface area contributed by atoms with Crippen LogP contribution in [0.1, 0.15) is 134 Å². The molecule has 0 saturated heterocycles. The van der Waals surface area contributed by atoms with Crippen LogP contribution in [0, 0.1) is 10.1 Å². The van der Waals surface area contributed by atoms with Gasteiger partial charge in [-0.15, -0.1) is 0 Å². The molecule has 0 spiro atoms. The number of anilines is 4. The standard InChI is InChI=1S/C13H15N3O4.3C13H17N3O2.C13H16N2O2.C12H14N2O2.C8H14O4.C4H8O3/c1-9(20-3)11-12(16(18)19)13(17)15(14(11)2)10-7-5-4-6-8-10;3*1-9(18-3)12-11(14)13(17)16(15(12)2)10-7-5-4-6-8-10;1-10(17-3)12-9-13(16)15(14(12)2)11-7-5-4-6-8-11;1-9(16-2)11-8-12(15)14(13-11)10-6-4-3-5-7-10;1-4-12-8(10)5-7(9)6(2)11-3;1-3(7-2)4(5)6/h4-9H,1-3H3;3*4-9H,14H2,1-3H3;4-10H,1-3H3;3-7,9H,8H2,1-2H3;6H,4-5H2,1-3H3;3H,1-2H3,(H,5,6)/t;2*9-;;;;;/m.10...../s1. The number of carboxylic acid groups (broad SMARTS) is 1. The average molecular weight is 1750 g/mol. The lowest BCUT2D eigenvalue weighted by Crippen LogP contribution is -2.22. The van der Waals surface area contributed by atoms with Crippen LogP contribution >= 0.6 is 0 Å². The second-order valence-corrected chi connectivity index (χ2v) is 28.0. The SMILES string of the molecule is CCOC(=O)CC(=O)C(C)OC.COC(C)C(=O)O.COC(C)C1=NN(c2ccccc2)C(=O)C1.COC(C)c1c(N)c(=O)n(-c2ccccc2)n1C.COC(C)c1c([N+](=O)[O-])c(=O)n(-c2ccccc2)n1C.COC(C)c1cc(=O)n(-c2ccccc2)n1C.CO[C@@H](C)c1c(N)c(=O)n(-c2ccccc2)n1C.CO[C@H](C)c1c(N)c(=O)n(-c2ccccc2)n1C. The van der Waals surface area contributed by atoms with Gasteiger partial charge in [-0.05, 0) is 135 Å². The van der Waals surface area contributed by atoms with Crippen molar-refractivity contribution < 1.29 is 71.8 Å². The number of nitrogen functional groups attached to an aromatic ring is 3. The third-order valence-corrected chi connectivity index (χ3v) is 20.1. The van der Waals surface area contributed by atoms with Crippen LogP contribution in [0.5, 0.6) is 0 Å². The number of amides is 1. The topological polar surface area (TPSA) is 443 Å². The van der Waals surface area contributed by atoms with E-state index < -0.39 is 46.4 Å². The third-order valence-electron chi connectivity index (χ3n) is 20.1. The van der Waals surface area contributed by atoms with Gasteiger partial charge in [0.15, 0.2) is 11.9 Å². The Balaban J connectivity index is 0.000000258. The first-order valence-electron chi connectivity index (χ1n) is 39.7. The van der Waals surface area contributed by atoms with Gasteiger partial charge in [0, 0.05) is 98.2 Å². The molecule has 6 aromatic carbocycles. The maximum absolute atomic E-state index is 12.3. The molecule has 37 heteroatoms. The third kappa shape index (κ3) is 26.1. The molecule has 12 rings (SSSR count). The fourth-order valence-corrected chi connectivity index (χ4v) is 12.7. The van der Waals surface area contributed by atoms with Crippen LogP contribution in [0.4, 0.5) is 28.4 Å². The number of carboxylic acids is 1. The molecule has 37 nitrogen and oxygen atoms in total. The van der Waals surface area contributed by atoms with E-state index in [4.69, 9.17) is 55.5 Å². The molecule has 680 valence electrons. The second kappa shape index (κ2) is 49.8. The van der Waals surface area contributed by atoms with E-state index in [0.29, 0.717) is 35.8 Å². The van der Waals surface area contributed by atoms with E-state index in [1.807, 2.05) is 204 Å². The molecule has 0 saturated carbocycles. The molecule has 1 aliphatic rings. The maximum Gasteiger partial charge on any atom is 0.359 e. The molecule has 0 fully saturated rings. The number of carbonyl (C=O) groups excluding carboxylic acids is 3. The minimum Gasteiger partial charge on any atom is -0.479 e. The molecular formula is C89H118N16O21. The Morgan fingerprint density at radius 3 is 0.992 bits per heavy atom. The number of ether oxygens (including phenoxy) is 9. The van der Waals surface area contributed by atoms with Crippen LogP contribution in [0.2, 0.25) is 0 Å². The number of methoxy groups -OCH3 is 8. The summed E-state index contributed by atoms with van der Waals surface area (Å²) < 4.78 is 61.0. The number of esters is 1. The zero-order chi connectivity index (χ0) is 94.1. The number of Topliss-reactive ketones (excluding diaryl/α,β-unsaturated/α-hetero) is 1. The number of aliphatic carboxylic acids is 1. The number of hydrazone groups is 1. The van der Waals surface area contributed by atoms with Crippen LogP contribution in [0.25, 0.3) is 28.4 Å². The van der Waals surface area contributed by atoms with Crippen molar-refractivity contribution in [3.8, 4) is 28.4 Å². The molecule has 6 heterocycles. The van der Waals surface area contributed by atoms with Crippen LogP contribution < -0.4 is 50.0 Å². The zero-order valence-electron chi connectivity index (χ0n) is 75.3. The van der Waals surface area contributed by atoms with Gasteiger partial charge in [0.05, 0.1) is 111 Å². The quantitative estimate of drug-likeness (QED) is 0.0169. The lowest BCUT2D eigenvalue weighted by atomic mass is 10.2. The van der Waals surface area contributed by atoms with Crippen molar-refractivity contribution >= 4 is 57.8 Å². The van der Waals surface area contributed by atoms with Gasteiger partial charge in [-0.1, -0.05) is 109 Å². The Morgan fingerprint density at radius 1 is 0.413 bits per heavy atom. The molecule has 126 heavy (non-hydrogen) atoms. The monoisotopic (exact) mass is 1750 g/mol. The Morgan fingerprint density at radius 2 is 0.706 bits per heavy atom. The Kier molecular flexibility index (Phi) is 40.8. The van der Waals surface area contributed by atoms with Gasteiger partial charge in [0.1, 0.15) is 41.4 Å². The summed E-state index contributed by atoms with van der Waals surface area (Å²) in [6.07, 6.45) is -2.54. The highest BCUT2D eigenvalue weighted by atomic mass is 16.6. The lowest BCUT2D eigenvalue weighted by Gasteiger charge is -2.13. The molecule has 0 aliphatic carbocycles. The zero-order valence-corrected chi connectivity index (χ0v) is 75.3. The molecule has 0 bridgehead atoms. The number of nitro groups is 1. The first-order valence-corrected chi connectivity index (χ1v) is 39.7. The summed E-state index contributed by atoms with van der Waals surface area (Å²) in [6, 6.07) is 57.5. The molecule has 0 radical (unpaired) electrons. The van der Waals surface area contributed by atoms with Crippen LogP contribution in [0.15, 0.2) is 217 Å². The van der Waals surface area contributed by atoms with E-state index in [9.17, 15) is 53.3 Å². The van der Waals surface area contributed by atoms with Gasteiger partial charge >= 0.3 is 23.2 Å². The molecule has 1 amide bonds. The van der Waals surface area contributed by atoms with Crippen LogP contribution in [0.3, 0.4) is 0 Å². The van der Waals surface area contributed by atoms with E-state index >= 15 is 0 Å². The number of hydrogen-bond donors (Lipinski definition) is 4. The Bertz CT molecular complexity index is 5410. The van der Waals surface area contributed by atoms with E-state index in [1.54, 1.807) is 148 Å². The summed E-state index contributed by atoms with van der Waals surface area (Å²) in [5.74, 6) is -1.69. The normalized spacial score (nSPS) is 13.2. The van der Waals surface area contributed by atoms with E-state index in [2.05, 4.69) is 14.6 Å². The molecule has 8 atom stereocenters. The van der Waals surface area contributed by atoms with Gasteiger partial charge in [-0.2, -0.15) is 5.10 Å². The largest absolute Gasteiger partial charge is 0.479 e. The first kappa shape index (κ1) is 103. The summed E-state index contributed by atoms with van der Waals surface area (Å²) >= 11 is 0. The van der Waals surface area contributed by atoms with Crippen molar-refractivity contribution in [3.63, 3.8) is 0 Å². The van der Waals surface area contributed by atoms with E-state index in [0.717, 1.165) is 39.8 Å². The first-order chi connectivity index (χ1) is 59.9.